The van der Waals surface area contributed by atoms with Gasteiger partial charge in [-0.25, -0.2) is 0 Å². The molecule has 0 spiro atoms. The fourth-order valence-electron chi connectivity index (χ4n) is 1.99. The Labute approximate surface area is 74.7 Å². The van der Waals surface area contributed by atoms with Gasteiger partial charge < -0.3 is 5.32 Å². The van der Waals surface area contributed by atoms with Gasteiger partial charge in [0.05, 0.1) is 0 Å². The molecule has 0 unspecified atom stereocenters. The van der Waals surface area contributed by atoms with Crippen LogP contribution in [0.25, 0.3) is 0 Å². The van der Waals surface area contributed by atoms with Gasteiger partial charge in [-0.3, -0.25) is 4.79 Å². The van der Waals surface area contributed by atoms with Gasteiger partial charge in [0.1, 0.15) is 5.78 Å². The molecule has 0 aliphatic heterocycles. The van der Waals surface area contributed by atoms with E-state index in [1.807, 2.05) is 0 Å². The number of Topliss-reactive ketones (excluding diaryl/α,β-unsaturated/α-hetero) is 1. The quantitative estimate of drug-likeness (QED) is 0.697. The molecule has 0 radical (unpaired) electrons. The highest BCUT2D eigenvalue weighted by molar-refractivity contribution is 5.78. The zero-order valence-corrected chi connectivity index (χ0v) is 8.10. The van der Waals surface area contributed by atoms with Gasteiger partial charge in [0, 0.05) is 12.0 Å². The van der Waals surface area contributed by atoms with Crippen LogP contribution in [0.1, 0.15) is 39.5 Å². The highest BCUT2D eigenvalue weighted by Crippen LogP contribution is 2.24. The van der Waals surface area contributed by atoms with Gasteiger partial charge >= 0.3 is 0 Å². The largest absolute Gasteiger partial charge is 0.314 e. The van der Waals surface area contributed by atoms with Gasteiger partial charge in [-0.2, -0.15) is 0 Å². The molecule has 1 saturated carbocycles. The van der Waals surface area contributed by atoms with Crippen LogP contribution in [0.3, 0.4) is 0 Å². The summed E-state index contributed by atoms with van der Waals surface area (Å²) in [6.07, 6.45) is 4.54. The van der Waals surface area contributed by atoms with E-state index in [9.17, 15) is 4.79 Å². The molecule has 0 heterocycles. The summed E-state index contributed by atoms with van der Waals surface area (Å²) in [6.45, 7) is 4.91. The maximum atomic E-state index is 11.0. The Morgan fingerprint density at radius 2 is 1.92 bits per heavy atom. The highest BCUT2D eigenvalue weighted by Gasteiger charge is 2.22. The summed E-state index contributed by atoms with van der Waals surface area (Å²) in [6, 6.07) is 0.672. The van der Waals surface area contributed by atoms with Crippen molar-refractivity contribution in [3.8, 4) is 0 Å². The van der Waals surface area contributed by atoms with Crippen molar-refractivity contribution < 1.29 is 4.79 Å². The second kappa shape index (κ2) is 4.61. The van der Waals surface area contributed by atoms with Gasteiger partial charge in [-0.15, -0.1) is 0 Å². The van der Waals surface area contributed by atoms with Crippen LogP contribution in [0.2, 0.25) is 0 Å². The lowest BCUT2D eigenvalue weighted by Crippen LogP contribution is -2.34. The third-order valence-corrected chi connectivity index (χ3v) is 2.79. The van der Waals surface area contributed by atoms with Crippen molar-refractivity contribution in [1.82, 2.24) is 5.32 Å². The van der Waals surface area contributed by atoms with E-state index in [4.69, 9.17) is 0 Å². The van der Waals surface area contributed by atoms with Crippen LogP contribution in [0.15, 0.2) is 0 Å². The Hall–Kier alpha value is -0.370. The molecule has 0 aromatic rings. The van der Waals surface area contributed by atoms with Gasteiger partial charge in [0.2, 0.25) is 0 Å². The Morgan fingerprint density at radius 3 is 2.33 bits per heavy atom. The topological polar surface area (TPSA) is 29.1 Å². The third-order valence-electron chi connectivity index (χ3n) is 2.79. The lowest BCUT2D eigenvalue weighted by Gasteiger charge is -2.27. The maximum Gasteiger partial charge on any atom is 0.132 e. The zero-order chi connectivity index (χ0) is 8.97. The highest BCUT2D eigenvalue weighted by atomic mass is 16.1. The number of carbonyl (C=O) groups is 1. The molecule has 12 heavy (non-hydrogen) atoms. The van der Waals surface area contributed by atoms with Crippen molar-refractivity contribution in [2.24, 2.45) is 5.92 Å². The Morgan fingerprint density at radius 1 is 1.33 bits per heavy atom. The monoisotopic (exact) mass is 169 g/mol. The molecular formula is C10H19NO. The molecule has 0 amide bonds. The van der Waals surface area contributed by atoms with Gasteiger partial charge in [0.25, 0.3) is 0 Å². The van der Waals surface area contributed by atoms with Crippen LogP contribution in [-0.4, -0.2) is 18.4 Å². The number of nitrogens with one attached hydrogen (secondary N) is 1. The minimum Gasteiger partial charge on any atom is -0.314 e. The van der Waals surface area contributed by atoms with Gasteiger partial charge in [0.15, 0.2) is 0 Å². The molecule has 0 saturated heterocycles. The average molecular weight is 169 g/mol. The van der Waals surface area contributed by atoms with Crippen molar-refractivity contribution in [1.29, 1.82) is 0 Å². The first-order chi connectivity index (χ1) is 5.74. The van der Waals surface area contributed by atoms with E-state index in [0.29, 0.717) is 17.7 Å². The van der Waals surface area contributed by atoms with Crippen molar-refractivity contribution in [2.45, 2.75) is 45.6 Å². The number of rotatable bonds is 3. The molecule has 0 aromatic heterocycles. The van der Waals surface area contributed by atoms with E-state index in [1.165, 1.54) is 12.8 Å². The summed E-state index contributed by atoms with van der Waals surface area (Å²) in [7, 11) is 0. The summed E-state index contributed by atoms with van der Waals surface area (Å²) in [5.41, 5.74) is 0. The molecule has 2 nitrogen and oxygen atoms in total. The molecule has 70 valence electrons. The molecule has 0 bridgehead atoms. The van der Waals surface area contributed by atoms with Crippen LogP contribution >= 0.6 is 0 Å². The molecule has 1 aliphatic carbocycles. The second-order valence-electron chi connectivity index (χ2n) is 3.72. The minimum atomic E-state index is 0.361. The summed E-state index contributed by atoms with van der Waals surface area (Å²) >= 11 is 0. The van der Waals surface area contributed by atoms with Crippen LogP contribution in [0, 0.1) is 5.92 Å². The maximum absolute atomic E-state index is 11.0. The molecule has 1 N–H and O–H groups in total. The first kappa shape index (κ1) is 9.72. The van der Waals surface area contributed by atoms with Crippen LogP contribution in [-0.2, 0) is 4.79 Å². The van der Waals surface area contributed by atoms with Crippen molar-refractivity contribution in [3.63, 3.8) is 0 Å². The lowest BCUT2D eigenvalue weighted by molar-refractivity contribution is -0.121. The van der Waals surface area contributed by atoms with Crippen LogP contribution in [0.5, 0.6) is 0 Å². The summed E-state index contributed by atoms with van der Waals surface area (Å²) in [4.78, 5) is 11.0. The number of ketones is 1. The standard InChI is InChI=1S/C10H19NO/c1-3-11-10-6-4-9(5-7-10)8(2)12/h9-11H,3-7H2,1-2H3/t9-,10+. The minimum absolute atomic E-state index is 0.361. The normalized spacial score (nSPS) is 30.2. The van der Waals surface area contributed by atoms with Gasteiger partial charge in [-0.05, 0) is 39.2 Å². The molecule has 1 rings (SSSR count). The van der Waals surface area contributed by atoms with Gasteiger partial charge in [-0.1, -0.05) is 6.92 Å². The molecule has 2 heteroatoms. The smallest absolute Gasteiger partial charge is 0.132 e. The predicted molar refractivity (Wildman–Crippen MR) is 50.1 cm³/mol. The SMILES string of the molecule is CCN[C@H]1CC[C@@H](C(C)=O)CC1. The molecule has 1 fully saturated rings. The molecule has 0 aromatic carbocycles. The zero-order valence-electron chi connectivity index (χ0n) is 8.10. The predicted octanol–water partition coefficient (Wildman–Crippen LogP) is 1.74. The number of carbonyl (C=O) groups excluding carboxylic acids is 1. The Bertz CT molecular complexity index is 148. The van der Waals surface area contributed by atoms with E-state index in [0.717, 1.165) is 19.4 Å². The average Bonchev–Trinajstić information content (AvgIpc) is 2.06. The number of hydrogen-bond donors (Lipinski definition) is 1. The fraction of sp³-hybridized carbons (Fsp3) is 0.900. The van der Waals surface area contributed by atoms with E-state index < -0.39 is 0 Å². The third kappa shape index (κ3) is 2.59. The molecule has 0 atom stereocenters. The number of hydrogen-bond acceptors (Lipinski definition) is 2. The fourth-order valence-corrected chi connectivity index (χ4v) is 1.99. The first-order valence-corrected chi connectivity index (χ1v) is 4.98. The van der Waals surface area contributed by atoms with E-state index in [2.05, 4.69) is 12.2 Å². The Balaban J connectivity index is 2.25. The van der Waals surface area contributed by atoms with E-state index in [1.54, 1.807) is 6.92 Å². The summed E-state index contributed by atoms with van der Waals surface area (Å²) < 4.78 is 0. The van der Waals surface area contributed by atoms with Crippen LogP contribution in [0.4, 0.5) is 0 Å². The van der Waals surface area contributed by atoms with Crippen LogP contribution < -0.4 is 5.32 Å². The van der Waals surface area contributed by atoms with Crippen molar-refractivity contribution in [3.05, 3.63) is 0 Å². The van der Waals surface area contributed by atoms with Crippen molar-refractivity contribution in [2.75, 3.05) is 6.54 Å². The molecular weight excluding hydrogens is 150 g/mol. The van der Waals surface area contributed by atoms with E-state index >= 15 is 0 Å². The Kier molecular flexibility index (Phi) is 3.73. The molecule has 1 aliphatic rings. The summed E-state index contributed by atoms with van der Waals surface area (Å²) in [5, 5.41) is 3.43. The lowest BCUT2D eigenvalue weighted by atomic mass is 9.84. The first-order valence-electron chi connectivity index (χ1n) is 4.98. The van der Waals surface area contributed by atoms with E-state index in [-0.39, 0.29) is 0 Å². The summed E-state index contributed by atoms with van der Waals surface area (Å²) in [5.74, 6) is 0.741. The van der Waals surface area contributed by atoms with Crippen molar-refractivity contribution >= 4 is 5.78 Å². The second-order valence-corrected chi connectivity index (χ2v) is 3.72.